The summed E-state index contributed by atoms with van der Waals surface area (Å²) in [6, 6.07) is 0. The lowest BCUT2D eigenvalue weighted by atomic mass is 10.9. The van der Waals surface area contributed by atoms with E-state index in [1.807, 2.05) is 0 Å². The zero-order chi connectivity index (χ0) is 6.08. The van der Waals surface area contributed by atoms with Gasteiger partial charge in [-0.25, -0.2) is 8.78 Å². The molecule has 0 saturated carbocycles. The molecular weight excluding hydrogens is 117 g/mol. The van der Waals surface area contributed by atoms with Gasteiger partial charge in [0, 0.05) is 6.92 Å². The Kier molecular flexibility index (Phi) is 2.12. The van der Waals surface area contributed by atoms with Crippen LogP contribution in [0.5, 0.6) is 0 Å². The Hall–Kier alpha value is 0.290. The summed E-state index contributed by atoms with van der Waals surface area (Å²) in [6.07, 6.45) is 0. The molecule has 0 saturated heterocycles. The molecule has 0 radical (unpaired) electrons. The van der Waals surface area contributed by atoms with Crippen molar-refractivity contribution in [2.24, 2.45) is 0 Å². The molecule has 0 aliphatic heterocycles. The molecule has 0 unspecified atom stereocenters. The molecule has 7 heavy (non-hydrogen) atoms. The molecule has 0 amide bonds. The first-order valence-electron chi connectivity index (χ1n) is 2.00. The fourth-order valence-corrected chi connectivity index (χ4v) is 0. The summed E-state index contributed by atoms with van der Waals surface area (Å²) in [4.78, 5) is 0. The monoisotopic (exact) mass is 126 g/mol. The molecule has 0 atom stereocenters. The molecule has 0 N–H and O–H groups in total. The Labute approximate surface area is 43.7 Å². The number of hydrogen-bond donors (Lipinski definition) is 0. The van der Waals surface area contributed by atoms with Crippen molar-refractivity contribution in [2.75, 3.05) is 13.3 Å². The van der Waals surface area contributed by atoms with Crippen LogP contribution in [-0.4, -0.2) is 19.0 Å². The van der Waals surface area contributed by atoms with Crippen molar-refractivity contribution < 1.29 is 8.78 Å². The van der Waals surface area contributed by atoms with Gasteiger partial charge in [0.25, 0.3) is 5.66 Å². The van der Waals surface area contributed by atoms with Crippen LogP contribution in [0.2, 0.25) is 0 Å². The summed E-state index contributed by atoms with van der Waals surface area (Å²) < 4.78 is 23.7. The van der Waals surface area contributed by atoms with Gasteiger partial charge in [-0.15, -0.1) is 0 Å². The third-order valence-corrected chi connectivity index (χ3v) is 2.36. The Bertz CT molecular complexity index is 55.2. The highest BCUT2D eigenvalue weighted by molar-refractivity contribution is 7.57. The highest BCUT2D eigenvalue weighted by Gasteiger charge is 2.24. The largest absolute Gasteiger partial charge is 0.261 e. The summed E-state index contributed by atoms with van der Waals surface area (Å²) in [6.45, 7) is 4.09. The van der Waals surface area contributed by atoms with Crippen LogP contribution in [0.25, 0.3) is 0 Å². The first kappa shape index (κ1) is 7.29. The molecule has 0 heterocycles. The van der Waals surface area contributed by atoms with E-state index in [1.165, 1.54) is 0 Å². The van der Waals surface area contributed by atoms with Crippen molar-refractivity contribution in [3.63, 3.8) is 0 Å². The molecule has 0 aromatic rings. The van der Waals surface area contributed by atoms with Gasteiger partial charge < -0.3 is 0 Å². The average molecular weight is 126 g/mol. The van der Waals surface area contributed by atoms with Crippen LogP contribution in [0.15, 0.2) is 0 Å². The van der Waals surface area contributed by atoms with Gasteiger partial charge in [-0.05, 0) is 21.3 Å². The number of halogens is 2. The van der Waals surface area contributed by atoms with Crippen molar-refractivity contribution in [3.05, 3.63) is 0 Å². The Morgan fingerprint density at radius 3 is 1.43 bits per heavy atom. The quantitative estimate of drug-likeness (QED) is 0.473. The summed E-state index contributed by atoms with van der Waals surface area (Å²) in [7, 11) is -1.07. The van der Waals surface area contributed by atoms with Crippen LogP contribution in [0.3, 0.4) is 0 Å². The smallest absolute Gasteiger partial charge is 0.202 e. The van der Waals surface area contributed by atoms with E-state index in [1.54, 1.807) is 13.3 Å². The maximum Gasteiger partial charge on any atom is 0.261 e. The molecule has 0 bridgehead atoms. The topological polar surface area (TPSA) is 0 Å². The van der Waals surface area contributed by atoms with Gasteiger partial charge in [-0.3, -0.25) is 0 Å². The second-order valence-corrected chi connectivity index (χ2v) is 4.31. The van der Waals surface area contributed by atoms with Crippen molar-refractivity contribution in [1.29, 1.82) is 0 Å². The van der Waals surface area contributed by atoms with Crippen molar-refractivity contribution in [1.82, 2.24) is 0 Å². The van der Waals surface area contributed by atoms with E-state index in [0.717, 1.165) is 6.92 Å². The normalized spacial score (nSPS) is 12.9. The summed E-state index contributed by atoms with van der Waals surface area (Å²) in [5, 5.41) is 0. The summed E-state index contributed by atoms with van der Waals surface area (Å²) in [5.41, 5.74) is -2.44. The zero-order valence-corrected chi connectivity index (χ0v) is 5.60. The molecule has 0 aliphatic rings. The van der Waals surface area contributed by atoms with Gasteiger partial charge in [0.2, 0.25) is 0 Å². The molecule has 0 fully saturated rings. The van der Waals surface area contributed by atoms with E-state index < -0.39 is 13.6 Å². The number of hydrogen-bond acceptors (Lipinski definition) is 0. The van der Waals surface area contributed by atoms with Gasteiger partial charge in [0.05, 0.1) is 0 Å². The lowest BCUT2D eigenvalue weighted by Crippen LogP contribution is -2.03. The van der Waals surface area contributed by atoms with E-state index in [2.05, 4.69) is 0 Å². The minimum Gasteiger partial charge on any atom is -0.202 e. The van der Waals surface area contributed by atoms with Crippen LogP contribution in [0.1, 0.15) is 6.92 Å². The fraction of sp³-hybridized carbons (Fsp3) is 1.00. The predicted octanol–water partition coefficient (Wildman–Crippen LogP) is 2.34. The van der Waals surface area contributed by atoms with E-state index >= 15 is 0 Å². The Balaban J connectivity index is 3.54. The van der Waals surface area contributed by atoms with E-state index in [-0.39, 0.29) is 0 Å². The highest BCUT2D eigenvalue weighted by atomic mass is 31.1. The van der Waals surface area contributed by atoms with Gasteiger partial charge in [-0.1, -0.05) is 0 Å². The van der Waals surface area contributed by atoms with Gasteiger partial charge in [0.1, 0.15) is 0 Å². The average Bonchev–Trinajstić information content (AvgIpc) is 1.31. The maximum atomic E-state index is 11.9. The second-order valence-electron chi connectivity index (χ2n) is 1.74. The minimum atomic E-state index is -2.44. The molecule has 0 aromatic carbocycles. The highest BCUT2D eigenvalue weighted by Crippen LogP contribution is 2.44. The Morgan fingerprint density at radius 2 is 1.43 bits per heavy atom. The first-order chi connectivity index (χ1) is 2.94. The minimum absolute atomic E-state index is 0.957. The number of rotatable bonds is 1. The number of alkyl halides is 2. The first-order valence-corrected chi connectivity index (χ1v) is 4.23. The standard InChI is InChI=1S/C4H9F2P/c1-4(5,6)7(2)3/h1-3H3. The zero-order valence-electron chi connectivity index (χ0n) is 4.70. The predicted molar refractivity (Wildman–Crippen MR) is 29.4 cm³/mol. The van der Waals surface area contributed by atoms with Gasteiger partial charge in [-0.2, -0.15) is 0 Å². The third-order valence-electron chi connectivity index (χ3n) is 0.785. The molecule has 3 heteroatoms. The van der Waals surface area contributed by atoms with Crippen LogP contribution in [-0.2, 0) is 0 Å². The van der Waals surface area contributed by atoms with E-state index in [9.17, 15) is 8.78 Å². The lowest BCUT2D eigenvalue weighted by Gasteiger charge is -2.13. The molecule has 0 aliphatic carbocycles. The molecular formula is C4H9F2P. The Morgan fingerprint density at radius 1 is 1.29 bits per heavy atom. The maximum absolute atomic E-state index is 11.9. The molecule has 44 valence electrons. The van der Waals surface area contributed by atoms with Gasteiger partial charge >= 0.3 is 0 Å². The summed E-state index contributed by atoms with van der Waals surface area (Å²) >= 11 is 0. The third kappa shape index (κ3) is 2.93. The lowest BCUT2D eigenvalue weighted by molar-refractivity contribution is 0.122. The van der Waals surface area contributed by atoms with Crippen LogP contribution in [0, 0.1) is 0 Å². The molecule has 0 aromatic heterocycles. The fourth-order valence-electron chi connectivity index (χ4n) is 0. The molecule has 0 rings (SSSR count). The van der Waals surface area contributed by atoms with E-state index in [0.29, 0.717) is 0 Å². The van der Waals surface area contributed by atoms with Crippen molar-refractivity contribution >= 4 is 7.92 Å². The summed E-state index contributed by atoms with van der Waals surface area (Å²) in [5.74, 6) is 0. The van der Waals surface area contributed by atoms with Gasteiger partial charge in [0.15, 0.2) is 0 Å². The molecule has 0 nitrogen and oxygen atoms in total. The van der Waals surface area contributed by atoms with Crippen LogP contribution >= 0.6 is 7.92 Å². The van der Waals surface area contributed by atoms with Crippen molar-refractivity contribution in [2.45, 2.75) is 12.6 Å². The van der Waals surface area contributed by atoms with Crippen molar-refractivity contribution in [3.8, 4) is 0 Å². The SMILES string of the molecule is CP(C)C(C)(F)F. The molecule has 0 spiro atoms. The second kappa shape index (κ2) is 2.04. The van der Waals surface area contributed by atoms with E-state index in [4.69, 9.17) is 0 Å². The van der Waals surface area contributed by atoms with Crippen LogP contribution < -0.4 is 0 Å². The van der Waals surface area contributed by atoms with Crippen LogP contribution in [0.4, 0.5) is 8.78 Å².